The van der Waals surface area contributed by atoms with Gasteiger partial charge >= 0.3 is 5.97 Å². The zero-order chi connectivity index (χ0) is 26.8. The van der Waals surface area contributed by atoms with Crippen LogP contribution in [0.2, 0.25) is 0 Å². The zero-order valence-electron chi connectivity index (χ0n) is 23.3. The molecule has 198 valence electrons. The summed E-state index contributed by atoms with van der Waals surface area (Å²) in [4.78, 5) is 14.1. The Hall–Kier alpha value is -3.06. The van der Waals surface area contributed by atoms with Crippen LogP contribution in [0.1, 0.15) is 109 Å². The molecule has 1 aliphatic rings. The van der Waals surface area contributed by atoms with Gasteiger partial charge in [0.15, 0.2) is 0 Å². The number of fused-ring (bicyclic) bond motifs is 3. The van der Waals surface area contributed by atoms with Gasteiger partial charge in [0, 0.05) is 24.2 Å². The van der Waals surface area contributed by atoms with E-state index in [0.717, 1.165) is 57.2 Å². The van der Waals surface area contributed by atoms with Crippen LogP contribution in [-0.4, -0.2) is 24.2 Å². The van der Waals surface area contributed by atoms with E-state index in [2.05, 4.69) is 62.9 Å². The van der Waals surface area contributed by atoms with Gasteiger partial charge in [-0.15, -0.1) is 0 Å². The minimum Gasteiger partial charge on any atom is -0.477 e. The number of rotatable bonds is 15. The fraction of sp³-hybridized carbons (Fsp3) is 0.515. The SMILES string of the molecule is CCCCN(CCCC)c1ccc2c(c1)C(CCCC)(CCCC)c1cc(/C=C(/C#N)C(=O)O)ccc1-2. The molecule has 0 radical (unpaired) electrons. The zero-order valence-corrected chi connectivity index (χ0v) is 23.3. The molecule has 0 aliphatic heterocycles. The molecule has 0 unspecified atom stereocenters. The van der Waals surface area contributed by atoms with Gasteiger partial charge in [0.2, 0.25) is 0 Å². The van der Waals surface area contributed by atoms with E-state index in [-0.39, 0.29) is 11.0 Å². The summed E-state index contributed by atoms with van der Waals surface area (Å²) in [5, 5.41) is 18.7. The van der Waals surface area contributed by atoms with Gasteiger partial charge in [0.05, 0.1) is 0 Å². The summed E-state index contributed by atoms with van der Waals surface area (Å²) in [6.07, 6.45) is 13.0. The fourth-order valence-electron chi connectivity index (χ4n) is 5.78. The third-order valence-electron chi connectivity index (χ3n) is 7.87. The predicted molar refractivity (Wildman–Crippen MR) is 155 cm³/mol. The number of unbranched alkanes of at least 4 members (excludes halogenated alkanes) is 4. The molecule has 0 fully saturated rings. The second-order valence-corrected chi connectivity index (χ2v) is 10.5. The number of anilines is 1. The molecule has 0 atom stereocenters. The third-order valence-corrected chi connectivity index (χ3v) is 7.87. The maximum atomic E-state index is 11.5. The Morgan fingerprint density at radius 3 is 1.92 bits per heavy atom. The smallest absolute Gasteiger partial charge is 0.346 e. The standard InChI is InChI=1S/C33H44N2O2/c1-5-9-17-33(18-10-6-2)30-22-25(21-26(24-34)32(36)37)13-15-28(30)29-16-14-27(23-31(29)33)35(19-11-7-3)20-12-8-4/h13-16,21-23H,5-12,17-20H2,1-4H3,(H,36,37)/b26-21-. The van der Waals surface area contributed by atoms with Crippen molar-refractivity contribution in [3.05, 3.63) is 58.7 Å². The van der Waals surface area contributed by atoms with Crippen LogP contribution in [0.5, 0.6) is 0 Å². The molecule has 4 heteroatoms. The molecule has 2 aromatic carbocycles. The predicted octanol–water partition coefficient (Wildman–Crippen LogP) is 8.73. The van der Waals surface area contributed by atoms with Gasteiger partial charge in [0.1, 0.15) is 11.6 Å². The van der Waals surface area contributed by atoms with Gasteiger partial charge < -0.3 is 10.0 Å². The Morgan fingerprint density at radius 2 is 1.41 bits per heavy atom. The number of hydrogen-bond donors (Lipinski definition) is 1. The van der Waals surface area contributed by atoms with Crippen LogP contribution >= 0.6 is 0 Å². The normalized spacial score (nSPS) is 13.6. The van der Waals surface area contributed by atoms with Crippen LogP contribution in [0, 0.1) is 11.3 Å². The van der Waals surface area contributed by atoms with Crippen molar-refractivity contribution in [3.8, 4) is 17.2 Å². The maximum Gasteiger partial charge on any atom is 0.346 e. The van der Waals surface area contributed by atoms with E-state index in [4.69, 9.17) is 0 Å². The van der Waals surface area contributed by atoms with Crippen molar-refractivity contribution in [1.29, 1.82) is 5.26 Å². The largest absolute Gasteiger partial charge is 0.477 e. The highest BCUT2D eigenvalue weighted by molar-refractivity contribution is 5.96. The average molecular weight is 501 g/mol. The first-order chi connectivity index (χ1) is 17.9. The number of nitrogens with zero attached hydrogens (tertiary/aromatic N) is 2. The minimum absolute atomic E-state index is 0.0895. The van der Waals surface area contributed by atoms with E-state index in [1.54, 1.807) is 0 Å². The van der Waals surface area contributed by atoms with Gasteiger partial charge in [0.25, 0.3) is 0 Å². The van der Waals surface area contributed by atoms with Gasteiger partial charge in [-0.25, -0.2) is 4.79 Å². The highest BCUT2D eigenvalue weighted by atomic mass is 16.4. The summed E-state index contributed by atoms with van der Waals surface area (Å²) < 4.78 is 0. The molecule has 0 bridgehead atoms. The Balaban J connectivity index is 2.19. The molecule has 37 heavy (non-hydrogen) atoms. The summed E-state index contributed by atoms with van der Waals surface area (Å²) in [5.41, 5.74) is 7.09. The minimum atomic E-state index is -1.18. The molecule has 3 rings (SSSR count). The van der Waals surface area contributed by atoms with Crippen LogP contribution in [0.15, 0.2) is 42.0 Å². The van der Waals surface area contributed by atoms with Crippen molar-refractivity contribution < 1.29 is 9.90 Å². The van der Waals surface area contributed by atoms with Crippen LogP contribution < -0.4 is 4.90 Å². The Morgan fingerprint density at radius 1 is 0.865 bits per heavy atom. The Labute approximate surface area is 224 Å². The monoisotopic (exact) mass is 500 g/mol. The van der Waals surface area contributed by atoms with Crippen LogP contribution in [0.3, 0.4) is 0 Å². The Kier molecular flexibility index (Phi) is 10.4. The number of carboxylic acids is 1. The molecule has 1 aliphatic carbocycles. The maximum absolute atomic E-state index is 11.5. The van der Waals surface area contributed by atoms with Crippen molar-refractivity contribution in [2.75, 3.05) is 18.0 Å². The van der Waals surface area contributed by atoms with Crippen molar-refractivity contribution >= 4 is 17.7 Å². The summed E-state index contributed by atoms with van der Waals surface area (Å²) in [5.74, 6) is -1.18. The summed E-state index contributed by atoms with van der Waals surface area (Å²) in [7, 11) is 0. The lowest BCUT2D eigenvalue weighted by atomic mass is 9.70. The number of benzene rings is 2. The third kappa shape index (κ3) is 6.27. The molecular weight excluding hydrogens is 456 g/mol. The van der Waals surface area contributed by atoms with Crippen LogP contribution in [0.25, 0.3) is 17.2 Å². The second kappa shape index (κ2) is 13.5. The molecule has 0 aromatic heterocycles. The fourth-order valence-corrected chi connectivity index (χ4v) is 5.78. The molecular formula is C33H44N2O2. The number of aliphatic carboxylic acids is 1. The van der Waals surface area contributed by atoms with E-state index in [1.165, 1.54) is 59.7 Å². The van der Waals surface area contributed by atoms with Gasteiger partial charge in [-0.1, -0.05) is 90.5 Å². The van der Waals surface area contributed by atoms with Crippen LogP contribution in [0.4, 0.5) is 5.69 Å². The average Bonchev–Trinajstić information content (AvgIpc) is 3.17. The first-order valence-corrected chi connectivity index (χ1v) is 14.3. The van der Waals surface area contributed by atoms with Gasteiger partial charge in [-0.3, -0.25) is 0 Å². The summed E-state index contributed by atoms with van der Waals surface area (Å²) in [6.45, 7) is 11.2. The van der Waals surface area contributed by atoms with E-state index in [9.17, 15) is 15.2 Å². The van der Waals surface area contributed by atoms with Crippen molar-refractivity contribution in [3.63, 3.8) is 0 Å². The van der Waals surface area contributed by atoms with E-state index >= 15 is 0 Å². The molecule has 0 spiro atoms. The number of hydrogen-bond acceptors (Lipinski definition) is 3. The molecule has 4 nitrogen and oxygen atoms in total. The summed E-state index contributed by atoms with van der Waals surface area (Å²) in [6, 6.07) is 15.2. The van der Waals surface area contributed by atoms with Crippen molar-refractivity contribution in [2.45, 2.75) is 97.3 Å². The molecule has 0 saturated carbocycles. The van der Waals surface area contributed by atoms with E-state index in [1.807, 2.05) is 12.1 Å². The molecule has 0 saturated heterocycles. The molecule has 0 amide bonds. The number of carboxylic acid groups (broad SMARTS) is 1. The van der Waals surface area contributed by atoms with Crippen LogP contribution in [-0.2, 0) is 10.2 Å². The molecule has 2 aromatic rings. The highest BCUT2D eigenvalue weighted by Crippen LogP contribution is 2.55. The molecule has 0 heterocycles. The topological polar surface area (TPSA) is 64.3 Å². The van der Waals surface area contributed by atoms with Crippen molar-refractivity contribution in [2.24, 2.45) is 0 Å². The van der Waals surface area contributed by atoms with Gasteiger partial charge in [-0.2, -0.15) is 5.26 Å². The lowest BCUT2D eigenvalue weighted by molar-refractivity contribution is -0.132. The van der Waals surface area contributed by atoms with E-state index in [0.29, 0.717) is 0 Å². The quantitative estimate of drug-likeness (QED) is 0.196. The number of nitriles is 1. The van der Waals surface area contributed by atoms with Crippen molar-refractivity contribution in [1.82, 2.24) is 0 Å². The second-order valence-electron chi connectivity index (χ2n) is 10.5. The Bertz CT molecular complexity index is 1130. The lowest BCUT2D eigenvalue weighted by Crippen LogP contribution is -2.28. The molecule has 1 N–H and O–H groups in total. The number of carbonyl (C=O) groups is 1. The highest BCUT2D eigenvalue weighted by Gasteiger charge is 2.42. The lowest BCUT2D eigenvalue weighted by Gasteiger charge is -2.34. The first kappa shape index (κ1) is 28.5. The summed E-state index contributed by atoms with van der Waals surface area (Å²) >= 11 is 0. The van der Waals surface area contributed by atoms with E-state index < -0.39 is 5.97 Å². The van der Waals surface area contributed by atoms with Gasteiger partial charge in [-0.05, 0) is 71.7 Å². The first-order valence-electron chi connectivity index (χ1n) is 14.3.